The minimum Gasteiger partial charge on any atom is -0.497 e. The van der Waals surface area contributed by atoms with Crippen LogP contribution in [0.25, 0.3) is 0 Å². The molecule has 2 N–H and O–H groups in total. The Morgan fingerprint density at radius 1 is 0.960 bits per heavy atom. The van der Waals surface area contributed by atoms with E-state index in [0.29, 0.717) is 12.2 Å². The molecule has 7 heteroatoms. The van der Waals surface area contributed by atoms with Gasteiger partial charge in [-0.25, -0.2) is 4.39 Å². The zero-order chi connectivity index (χ0) is 18.1. The van der Waals surface area contributed by atoms with Crippen LogP contribution in [-0.4, -0.2) is 32.1 Å². The maximum absolute atomic E-state index is 12.8. The zero-order valence-electron chi connectivity index (χ0n) is 13.8. The zero-order valence-corrected chi connectivity index (χ0v) is 13.8. The summed E-state index contributed by atoms with van der Waals surface area (Å²) in [6.45, 7) is -0.145. The smallest absolute Gasteiger partial charge is 0.250 e. The summed E-state index contributed by atoms with van der Waals surface area (Å²) in [6.07, 6.45) is 0. The van der Waals surface area contributed by atoms with Gasteiger partial charge in [0.05, 0.1) is 7.11 Å². The van der Waals surface area contributed by atoms with E-state index in [1.807, 2.05) is 12.1 Å². The van der Waals surface area contributed by atoms with Gasteiger partial charge in [0.1, 0.15) is 24.8 Å². The fraction of sp³-hybridized carbons (Fsp3) is 0.222. The second-order valence-electron chi connectivity index (χ2n) is 5.17. The standard InChI is InChI=1S/C18H19FN2O4/c1-24-16-8-2-13(3-9-16)10-20-17(22)11-25-12-18(23)21-15-6-4-14(19)5-7-15/h2-9H,10-12H2,1H3,(H,20,22)(H,21,23). The summed E-state index contributed by atoms with van der Waals surface area (Å²) in [5, 5.41) is 5.23. The Kier molecular flexibility index (Phi) is 6.91. The van der Waals surface area contributed by atoms with Crippen molar-refractivity contribution >= 4 is 17.5 Å². The number of carbonyl (C=O) groups excluding carboxylic acids is 2. The van der Waals surface area contributed by atoms with E-state index in [1.54, 1.807) is 19.2 Å². The molecular weight excluding hydrogens is 327 g/mol. The molecule has 132 valence electrons. The predicted molar refractivity (Wildman–Crippen MR) is 90.7 cm³/mol. The first-order valence-electron chi connectivity index (χ1n) is 7.59. The van der Waals surface area contributed by atoms with Gasteiger partial charge < -0.3 is 20.1 Å². The molecule has 0 aliphatic rings. The highest BCUT2D eigenvalue weighted by atomic mass is 19.1. The third kappa shape index (κ3) is 6.60. The second kappa shape index (κ2) is 9.39. The number of anilines is 1. The average molecular weight is 346 g/mol. The van der Waals surface area contributed by atoms with Crippen molar-refractivity contribution in [3.63, 3.8) is 0 Å². The lowest BCUT2D eigenvalue weighted by atomic mass is 10.2. The molecule has 0 bridgehead atoms. The van der Waals surface area contributed by atoms with E-state index in [1.165, 1.54) is 24.3 Å². The van der Waals surface area contributed by atoms with Crippen LogP contribution in [0.4, 0.5) is 10.1 Å². The van der Waals surface area contributed by atoms with E-state index in [9.17, 15) is 14.0 Å². The Balaban J connectivity index is 1.64. The molecule has 2 rings (SSSR count). The van der Waals surface area contributed by atoms with E-state index in [-0.39, 0.29) is 24.9 Å². The molecule has 0 aromatic heterocycles. The fourth-order valence-electron chi connectivity index (χ4n) is 1.96. The Labute approximate surface area is 144 Å². The Morgan fingerprint density at radius 3 is 2.24 bits per heavy atom. The van der Waals surface area contributed by atoms with Gasteiger partial charge in [0.2, 0.25) is 11.8 Å². The van der Waals surface area contributed by atoms with Crippen LogP contribution in [0.2, 0.25) is 0 Å². The lowest BCUT2D eigenvalue weighted by molar-refractivity contribution is -0.128. The predicted octanol–water partition coefficient (Wildman–Crippen LogP) is 2.11. The largest absolute Gasteiger partial charge is 0.497 e. The van der Waals surface area contributed by atoms with Gasteiger partial charge in [0, 0.05) is 12.2 Å². The minimum absolute atomic E-state index is 0.229. The molecule has 0 fully saturated rings. The number of hydrogen-bond acceptors (Lipinski definition) is 4. The molecule has 2 aromatic carbocycles. The molecule has 0 aliphatic carbocycles. The third-order valence-electron chi connectivity index (χ3n) is 3.24. The quantitative estimate of drug-likeness (QED) is 0.767. The van der Waals surface area contributed by atoms with Crippen LogP contribution in [0.3, 0.4) is 0 Å². The first-order valence-corrected chi connectivity index (χ1v) is 7.59. The van der Waals surface area contributed by atoms with Crippen molar-refractivity contribution in [2.24, 2.45) is 0 Å². The number of ether oxygens (including phenoxy) is 2. The maximum Gasteiger partial charge on any atom is 0.250 e. The van der Waals surface area contributed by atoms with Gasteiger partial charge in [0.25, 0.3) is 0 Å². The lowest BCUT2D eigenvalue weighted by Crippen LogP contribution is -2.29. The summed E-state index contributed by atoms with van der Waals surface area (Å²) in [7, 11) is 1.58. The fourth-order valence-corrected chi connectivity index (χ4v) is 1.96. The number of nitrogens with one attached hydrogen (secondary N) is 2. The summed E-state index contributed by atoms with van der Waals surface area (Å²) in [6, 6.07) is 12.7. The molecule has 2 amide bonds. The van der Waals surface area contributed by atoms with Crippen LogP contribution in [0.15, 0.2) is 48.5 Å². The van der Waals surface area contributed by atoms with Gasteiger partial charge >= 0.3 is 0 Å². The van der Waals surface area contributed by atoms with Gasteiger partial charge in [0.15, 0.2) is 0 Å². The molecule has 0 atom stereocenters. The van der Waals surface area contributed by atoms with Crippen molar-refractivity contribution in [1.29, 1.82) is 0 Å². The number of rotatable bonds is 8. The van der Waals surface area contributed by atoms with Crippen molar-refractivity contribution in [1.82, 2.24) is 5.32 Å². The third-order valence-corrected chi connectivity index (χ3v) is 3.24. The van der Waals surface area contributed by atoms with E-state index < -0.39 is 5.91 Å². The van der Waals surface area contributed by atoms with Crippen LogP contribution >= 0.6 is 0 Å². The molecular formula is C18H19FN2O4. The summed E-state index contributed by atoms with van der Waals surface area (Å²) in [5.41, 5.74) is 1.38. The summed E-state index contributed by atoms with van der Waals surface area (Å²) < 4.78 is 22.9. The summed E-state index contributed by atoms with van der Waals surface area (Å²) in [4.78, 5) is 23.3. The van der Waals surface area contributed by atoms with Crippen LogP contribution in [0.1, 0.15) is 5.56 Å². The van der Waals surface area contributed by atoms with Crippen LogP contribution < -0.4 is 15.4 Å². The number of carbonyl (C=O) groups is 2. The number of halogens is 1. The van der Waals surface area contributed by atoms with Crippen molar-refractivity contribution in [3.8, 4) is 5.75 Å². The first-order chi connectivity index (χ1) is 12.1. The van der Waals surface area contributed by atoms with Crippen LogP contribution in [-0.2, 0) is 20.9 Å². The molecule has 0 heterocycles. The second-order valence-corrected chi connectivity index (χ2v) is 5.17. The molecule has 6 nitrogen and oxygen atoms in total. The van der Waals surface area contributed by atoms with Crippen LogP contribution in [0, 0.1) is 5.82 Å². The average Bonchev–Trinajstić information content (AvgIpc) is 2.62. The number of methoxy groups -OCH3 is 1. The van der Waals surface area contributed by atoms with Crippen molar-refractivity contribution < 1.29 is 23.5 Å². The van der Waals surface area contributed by atoms with Crippen LogP contribution in [0.5, 0.6) is 5.75 Å². The molecule has 0 aliphatic heterocycles. The van der Waals surface area contributed by atoms with Gasteiger partial charge in [-0.05, 0) is 42.0 Å². The minimum atomic E-state index is -0.422. The van der Waals surface area contributed by atoms with E-state index in [4.69, 9.17) is 9.47 Å². The van der Waals surface area contributed by atoms with E-state index in [2.05, 4.69) is 10.6 Å². The summed E-state index contributed by atoms with van der Waals surface area (Å²) >= 11 is 0. The highest BCUT2D eigenvalue weighted by molar-refractivity contribution is 5.91. The van der Waals surface area contributed by atoms with Crippen molar-refractivity contribution in [2.75, 3.05) is 25.6 Å². The van der Waals surface area contributed by atoms with Gasteiger partial charge in [-0.1, -0.05) is 12.1 Å². The monoisotopic (exact) mass is 346 g/mol. The van der Waals surface area contributed by atoms with Crippen molar-refractivity contribution in [2.45, 2.75) is 6.54 Å². The normalized spacial score (nSPS) is 10.2. The molecule has 2 aromatic rings. The Hall–Kier alpha value is -2.93. The van der Waals surface area contributed by atoms with Crippen molar-refractivity contribution in [3.05, 3.63) is 59.9 Å². The highest BCUT2D eigenvalue weighted by Crippen LogP contribution is 2.11. The Bertz CT molecular complexity index is 702. The molecule has 0 radical (unpaired) electrons. The van der Waals surface area contributed by atoms with Gasteiger partial charge in [-0.2, -0.15) is 0 Å². The van der Waals surface area contributed by atoms with E-state index in [0.717, 1.165) is 11.3 Å². The maximum atomic E-state index is 12.8. The van der Waals surface area contributed by atoms with E-state index >= 15 is 0 Å². The summed E-state index contributed by atoms with van der Waals surface area (Å²) in [5.74, 6) is -0.395. The molecule has 0 saturated carbocycles. The van der Waals surface area contributed by atoms with Gasteiger partial charge in [-0.15, -0.1) is 0 Å². The molecule has 0 saturated heterocycles. The number of amides is 2. The molecule has 25 heavy (non-hydrogen) atoms. The highest BCUT2D eigenvalue weighted by Gasteiger charge is 2.06. The van der Waals surface area contributed by atoms with Gasteiger partial charge in [-0.3, -0.25) is 9.59 Å². The first kappa shape index (κ1) is 18.4. The topological polar surface area (TPSA) is 76.7 Å². The number of hydrogen-bond donors (Lipinski definition) is 2. The lowest BCUT2D eigenvalue weighted by Gasteiger charge is -2.08. The number of benzene rings is 2. The molecule has 0 spiro atoms. The molecule has 0 unspecified atom stereocenters. The Morgan fingerprint density at radius 2 is 1.60 bits per heavy atom. The SMILES string of the molecule is COc1ccc(CNC(=O)COCC(=O)Nc2ccc(F)cc2)cc1.